The Hall–Kier alpha value is -2.09. The molecular weight excluding hydrogens is 366 g/mol. The number of benzene rings is 1. The van der Waals surface area contributed by atoms with Crippen molar-refractivity contribution in [3.8, 4) is 11.5 Å². The second-order valence-electron chi connectivity index (χ2n) is 4.42. The van der Waals surface area contributed by atoms with Gasteiger partial charge in [-0.05, 0) is 47.0 Å². The average Bonchev–Trinajstić information content (AvgIpc) is 2.52. The van der Waals surface area contributed by atoms with Crippen LogP contribution < -0.4 is 20.2 Å². The maximum Gasteiger partial charge on any atom is 0.329 e. The van der Waals surface area contributed by atoms with Crippen LogP contribution in [0.5, 0.6) is 11.5 Å². The standard InChI is InChI=1S/C15H20BrN3O4/c1-4-6-17-14(20)15(21)19-18-9-10-7-11(16)13(22-3)12(8-10)23-5-2/h7-9H,4-6H2,1-3H3,(H,17,20)(H,19,21)/b18-9-. The number of hydrazone groups is 1. The van der Waals surface area contributed by atoms with Crippen molar-refractivity contribution in [3.63, 3.8) is 0 Å². The van der Waals surface area contributed by atoms with Crippen molar-refractivity contribution in [3.05, 3.63) is 22.2 Å². The van der Waals surface area contributed by atoms with Gasteiger partial charge in [-0.15, -0.1) is 0 Å². The first kappa shape index (κ1) is 19.0. The number of ether oxygens (including phenoxy) is 2. The summed E-state index contributed by atoms with van der Waals surface area (Å²) in [7, 11) is 1.55. The van der Waals surface area contributed by atoms with E-state index in [0.29, 0.717) is 34.7 Å². The molecule has 8 heteroatoms. The molecule has 0 aliphatic rings. The summed E-state index contributed by atoms with van der Waals surface area (Å²) in [5, 5.41) is 6.23. The van der Waals surface area contributed by atoms with Crippen LogP contribution in [0.25, 0.3) is 0 Å². The fourth-order valence-corrected chi connectivity index (χ4v) is 2.28. The largest absolute Gasteiger partial charge is 0.492 e. The molecule has 23 heavy (non-hydrogen) atoms. The number of hydrogen-bond acceptors (Lipinski definition) is 5. The van der Waals surface area contributed by atoms with Crippen LogP contribution in [0, 0.1) is 0 Å². The Morgan fingerprint density at radius 1 is 1.30 bits per heavy atom. The molecule has 0 aromatic heterocycles. The average molecular weight is 386 g/mol. The van der Waals surface area contributed by atoms with Crippen LogP contribution in [0.1, 0.15) is 25.8 Å². The summed E-state index contributed by atoms with van der Waals surface area (Å²) in [5.41, 5.74) is 2.85. The van der Waals surface area contributed by atoms with Gasteiger partial charge in [0.2, 0.25) is 0 Å². The Kier molecular flexibility index (Phi) is 8.10. The molecule has 0 radical (unpaired) electrons. The summed E-state index contributed by atoms with van der Waals surface area (Å²) in [6, 6.07) is 3.48. The Labute approximate surface area is 143 Å². The maximum absolute atomic E-state index is 11.5. The summed E-state index contributed by atoms with van der Waals surface area (Å²) in [6.45, 7) is 4.69. The van der Waals surface area contributed by atoms with Gasteiger partial charge in [0.15, 0.2) is 11.5 Å². The predicted octanol–water partition coefficient (Wildman–Crippen LogP) is 1.83. The van der Waals surface area contributed by atoms with Crippen LogP contribution in [0.3, 0.4) is 0 Å². The molecule has 0 bridgehead atoms. The summed E-state index contributed by atoms with van der Waals surface area (Å²) in [5.74, 6) is -0.396. The van der Waals surface area contributed by atoms with Gasteiger partial charge in [0.05, 0.1) is 24.4 Å². The zero-order valence-corrected chi connectivity index (χ0v) is 14.9. The third-order valence-corrected chi connectivity index (χ3v) is 3.25. The zero-order chi connectivity index (χ0) is 17.2. The highest BCUT2D eigenvalue weighted by Crippen LogP contribution is 2.36. The van der Waals surface area contributed by atoms with E-state index >= 15 is 0 Å². The van der Waals surface area contributed by atoms with E-state index in [1.54, 1.807) is 19.2 Å². The maximum atomic E-state index is 11.5. The van der Waals surface area contributed by atoms with Gasteiger partial charge in [0.1, 0.15) is 0 Å². The van der Waals surface area contributed by atoms with Gasteiger partial charge in [0.25, 0.3) is 0 Å². The molecule has 7 nitrogen and oxygen atoms in total. The van der Waals surface area contributed by atoms with Gasteiger partial charge in [-0.1, -0.05) is 6.92 Å². The van der Waals surface area contributed by atoms with Crippen LogP contribution in [0.15, 0.2) is 21.7 Å². The number of nitrogens with zero attached hydrogens (tertiary/aromatic N) is 1. The Bertz CT molecular complexity index is 590. The van der Waals surface area contributed by atoms with Gasteiger partial charge in [-0.3, -0.25) is 9.59 Å². The molecule has 2 N–H and O–H groups in total. The Balaban J connectivity index is 2.76. The highest BCUT2D eigenvalue weighted by molar-refractivity contribution is 9.10. The topological polar surface area (TPSA) is 89.0 Å². The third kappa shape index (κ3) is 5.90. The van der Waals surface area contributed by atoms with E-state index in [1.165, 1.54) is 6.21 Å². The summed E-state index contributed by atoms with van der Waals surface area (Å²) >= 11 is 3.38. The van der Waals surface area contributed by atoms with Crippen molar-refractivity contribution < 1.29 is 19.1 Å². The van der Waals surface area contributed by atoms with Gasteiger partial charge in [-0.2, -0.15) is 5.10 Å². The van der Waals surface area contributed by atoms with E-state index in [4.69, 9.17) is 9.47 Å². The molecule has 0 aliphatic heterocycles. The Morgan fingerprint density at radius 2 is 2.04 bits per heavy atom. The normalized spacial score (nSPS) is 10.4. The number of rotatable bonds is 7. The molecule has 0 fully saturated rings. The molecule has 0 saturated heterocycles. The van der Waals surface area contributed by atoms with E-state index < -0.39 is 11.8 Å². The minimum absolute atomic E-state index is 0.444. The Morgan fingerprint density at radius 3 is 2.65 bits per heavy atom. The smallest absolute Gasteiger partial charge is 0.329 e. The molecule has 2 amide bonds. The minimum Gasteiger partial charge on any atom is -0.492 e. The molecule has 0 aliphatic carbocycles. The van der Waals surface area contributed by atoms with E-state index in [-0.39, 0.29) is 0 Å². The van der Waals surface area contributed by atoms with Crippen LogP contribution >= 0.6 is 15.9 Å². The van der Waals surface area contributed by atoms with E-state index in [0.717, 1.165) is 6.42 Å². The van der Waals surface area contributed by atoms with E-state index in [1.807, 2.05) is 13.8 Å². The number of methoxy groups -OCH3 is 1. The lowest BCUT2D eigenvalue weighted by atomic mass is 10.2. The predicted molar refractivity (Wildman–Crippen MR) is 90.9 cm³/mol. The fraction of sp³-hybridized carbons (Fsp3) is 0.400. The molecular formula is C15H20BrN3O4. The molecule has 0 atom stereocenters. The van der Waals surface area contributed by atoms with Crippen molar-refractivity contribution in [1.29, 1.82) is 0 Å². The molecule has 1 rings (SSSR count). The lowest BCUT2D eigenvalue weighted by Crippen LogP contribution is -2.38. The number of nitrogens with one attached hydrogen (secondary N) is 2. The molecule has 0 spiro atoms. The second kappa shape index (κ2) is 9.83. The molecule has 1 aromatic rings. The van der Waals surface area contributed by atoms with Crippen LogP contribution in [-0.2, 0) is 9.59 Å². The summed E-state index contributed by atoms with van der Waals surface area (Å²) in [4.78, 5) is 22.9. The molecule has 0 saturated carbocycles. The molecule has 0 heterocycles. The van der Waals surface area contributed by atoms with Gasteiger partial charge in [-0.25, -0.2) is 5.43 Å². The minimum atomic E-state index is -0.813. The van der Waals surface area contributed by atoms with Crippen molar-refractivity contribution in [2.24, 2.45) is 5.10 Å². The van der Waals surface area contributed by atoms with E-state index in [2.05, 4.69) is 31.8 Å². The fourth-order valence-electron chi connectivity index (χ4n) is 1.66. The molecule has 0 unspecified atom stereocenters. The van der Waals surface area contributed by atoms with E-state index in [9.17, 15) is 9.59 Å². The number of hydrogen-bond donors (Lipinski definition) is 2. The lowest BCUT2D eigenvalue weighted by Gasteiger charge is -2.11. The zero-order valence-electron chi connectivity index (χ0n) is 13.3. The van der Waals surface area contributed by atoms with Gasteiger partial charge in [0, 0.05) is 6.54 Å². The SMILES string of the molecule is CCCNC(=O)C(=O)N/N=C\c1cc(Br)c(OC)c(OCC)c1. The first-order valence-electron chi connectivity index (χ1n) is 7.15. The van der Waals surface area contributed by atoms with Crippen LogP contribution in [-0.4, -0.2) is 38.3 Å². The molecule has 1 aromatic carbocycles. The summed E-state index contributed by atoms with van der Waals surface area (Å²) < 4.78 is 11.4. The number of halogens is 1. The molecule has 126 valence electrons. The first-order valence-corrected chi connectivity index (χ1v) is 7.94. The van der Waals surface area contributed by atoms with Gasteiger partial charge >= 0.3 is 11.8 Å². The monoisotopic (exact) mass is 385 g/mol. The first-order chi connectivity index (χ1) is 11.0. The second-order valence-corrected chi connectivity index (χ2v) is 5.28. The summed E-state index contributed by atoms with van der Waals surface area (Å²) in [6.07, 6.45) is 2.17. The third-order valence-electron chi connectivity index (χ3n) is 2.66. The number of amides is 2. The lowest BCUT2D eigenvalue weighted by molar-refractivity contribution is -0.139. The number of carbonyl (C=O) groups excluding carboxylic acids is 2. The highest BCUT2D eigenvalue weighted by atomic mass is 79.9. The van der Waals surface area contributed by atoms with Gasteiger partial charge < -0.3 is 14.8 Å². The van der Waals surface area contributed by atoms with Crippen LogP contribution in [0.4, 0.5) is 0 Å². The highest BCUT2D eigenvalue weighted by Gasteiger charge is 2.12. The van der Waals surface area contributed by atoms with Crippen LogP contribution in [0.2, 0.25) is 0 Å². The number of carbonyl (C=O) groups is 2. The quantitative estimate of drug-likeness (QED) is 0.425. The van der Waals surface area contributed by atoms with Crippen molar-refractivity contribution in [2.45, 2.75) is 20.3 Å². The van der Waals surface area contributed by atoms with Crippen molar-refractivity contribution >= 4 is 34.0 Å². The van der Waals surface area contributed by atoms with Crippen molar-refractivity contribution in [1.82, 2.24) is 10.7 Å². The van der Waals surface area contributed by atoms with Crippen molar-refractivity contribution in [2.75, 3.05) is 20.3 Å².